The molecule has 0 bridgehead atoms. The van der Waals surface area contributed by atoms with E-state index in [4.69, 9.17) is 23.2 Å². The molecule has 0 aliphatic heterocycles. The van der Waals surface area contributed by atoms with Gasteiger partial charge in [0.1, 0.15) is 5.82 Å². The largest absolute Gasteiger partial charge is 0.264 e. The predicted molar refractivity (Wildman–Crippen MR) is 47.1 cm³/mol. The Kier molecular flexibility index (Phi) is 3.06. The second kappa shape index (κ2) is 3.89. The van der Waals surface area contributed by atoms with Crippen LogP contribution in [0.15, 0.2) is 12.1 Å². The number of nitro groups is 1. The van der Waals surface area contributed by atoms with Gasteiger partial charge in [-0.05, 0) is 12.1 Å². The fraction of sp³-hybridized carbons (Fsp3) is 0.143. The molecule has 13 heavy (non-hydrogen) atoms. The minimum Gasteiger partial charge on any atom is -0.264 e. The fourth-order valence-corrected chi connectivity index (χ4v) is 1.19. The van der Waals surface area contributed by atoms with Gasteiger partial charge in [-0.2, -0.15) is 0 Å². The zero-order chi connectivity index (χ0) is 10.0. The van der Waals surface area contributed by atoms with Gasteiger partial charge >= 0.3 is 0 Å². The third-order valence-electron chi connectivity index (χ3n) is 1.36. The van der Waals surface area contributed by atoms with Crippen molar-refractivity contribution in [3.05, 3.63) is 43.7 Å². The molecule has 0 unspecified atom stereocenters. The molecule has 0 atom stereocenters. The summed E-state index contributed by atoms with van der Waals surface area (Å²) >= 11 is 10.9. The lowest BCUT2D eigenvalue weighted by Gasteiger charge is -2.00. The molecule has 0 radical (unpaired) electrons. The van der Waals surface area contributed by atoms with E-state index < -0.39 is 17.3 Å². The van der Waals surface area contributed by atoms with Crippen LogP contribution < -0.4 is 0 Å². The second-order valence-corrected chi connectivity index (χ2v) is 3.15. The topological polar surface area (TPSA) is 43.1 Å². The molecule has 6 heteroatoms. The zero-order valence-electron chi connectivity index (χ0n) is 6.26. The van der Waals surface area contributed by atoms with E-state index in [9.17, 15) is 14.5 Å². The highest BCUT2D eigenvalue weighted by atomic mass is 35.5. The van der Waals surface area contributed by atoms with Gasteiger partial charge in [0, 0.05) is 10.5 Å². The number of nitrogens with zero attached hydrogens (tertiary/aromatic N) is 1. The van der Waals surface area contributed by atoms with Crippen molar-refractivity contribution in [2.45, 2.75) is 6.54 Å². The third-order valence-corrected chi connectivity index (χ3v) is 2.13. The lowest BCUT2D eigenvalue weighted by molar-refractivity contribution is -0.496. The summed E-state index contributed by atoms with van der Waals surface area (Å²) in [7, 11) is 0. The van der Waals surface area contributed by atoms with Crippen LogP contribution in [-0.4, -0.2) is 4.92 Å². The molecule has 1 rings (SSSR count). The summed E-state index contributed by atoms with van der Waals surface area (Å²) in [4.78, 5) is 9.51. The monoisotopic (exact) mass is 223 g/mol. The molecular formula is C7H4Cl2FNO2. The van der Waals surface area contributed by atoms with Crippen molar-refractivity contribution in [2.24, 2.45) is 0 Å². The van der Waals surface area contributed by atoms with E-state index in [0.29, 0.717) is 0 Å². The number of hydrogen-bond donors (Lipinski definition) is 0. The molecule has 1 aromatic carbocycles. The first kappa shape index (κ1) is 10.2. The molecule has 3 nitrogen and oxygen atoms in total. The maximum absolute atomic E-state index is 12.9. The molecule has 0 aliphatic rings. The SMILES string of the molecule is O=[N+]([O-])Cc1cc(F)c(Cl)c(Cl)c1. The van der Waals surface area contributed by atoms with Gasteiger partial charge in [0.05, 0.1) is 10.0 Å². The molecular weight excluding hydrogens is 220 g/mol. The molecule has 0 spiro atoms. The Balaban J connectivity index is 3.06. The number of halogens is 3. The van der Waals surface area contributed by atoms with Crippen LogP contribution in [0.1, 0.15) is 5.56 Å². The lowest BCUT2D eigenvalue weighted by atomic mass is 10.2. The zero-order valence-corrected chi connectivity index (χ0v) is 7.77. The van der Waals surface area contributed by atoms with Gasteiger partial charge < -0.3 is 0 Å². The Hall–Kier alpha value is -0.870. The molecule has 0 saturated heterocycles. The summed E-state index contributed by atoms with van der Waals surface area (Å²) in [5.74, 6) is -0.744. The van der Waals surface area contributed by atoms with Crippen molar-refractivity contribution in [2.75, 3.05) is 0 Å². The minimum absolute atomic E-state index is 0.0153. The highest BCUT2D eigenvalue weighted by Gasteiger charge is 2.10. The third kappa shape index (κ3) is 2.54. The Bertz CT molecular complexity index is 333. The average molecular weight is 224 g/mol. The molecule has 0 aliphatic carbocycles. The van der Waals surface area contributed by atoms with Crippen LogP contribution in [-0.2, 0) is 6.54 Å². The van der Waals surface area contributed by atoms with Crippen LogP contribution in [0.25, 0.3) is 0 Å². The predicted octanol–water partition coefficient (Wildman–Crippen LogP) is 2.91. The van der Waals surface area contributed by atoms with E-state index in [-0.39, 0.29) is 15.6 Å². The Morgan fingerprint density at radius 1 is 1.46 bits per heavy atom. The summed E-state index contributed by atoms with van der Waals surface area (Å²) in [6.07, 6.45) is 0. The van der Waals surface area contributed by atoms with Crippen LogP contribution in [0.2, 0.25) is 10.0 Å². The van der Waals surface area contributed by atoms with E-state index in [2.05, 4.69) is 0 Å². The summed E-state index contributed by atoms with van der Waals surface area (Å²) in [5.41, 5.74) is 0.192. The molecule has 0 heterocycles. The van der Waals surface area contributed by atoms with E-state index in [0.717, 1.165) is 6.07 Å². The Morgan fingerprint density at radius 3 is 2.54 bits per heavy atom. The molecule has 0 N–H and O–H groups in total. The number of benzene rings is 1. The Labute approximate surface area is 83.2 Å². The van der Waals surface area contributed by atoms with Crippen molar-refractivity contribution >= 4 is 23.2 Å². The van der Waals surface area contributed by atoms with Gasteiger partial charge in [0.15, 0.2) is 0 Å². The number of hydrogen-bond acceptors (Lipinski definition) is 2. The standard InChI is InChI=1S/C7H4Cl2FNO2/c8-5-1-4(3-11(12)13)2-6(10)7(5)9/h1-2H,3H2. The van der Waals surface area contributed by atoms with Crippen LogP contribution in [0.3, 0.4) is 0 Å². The summed E-state index contributed by atoms with van der Waals surface area (Å²) in [6.45, 7) is -0.464. The lowest BCUT2D eigenvalue weighted by Crippen LogP contribution is -1.98. The van der Waals surface area contributed by atoms with Gasteiger partial charge in [-0.1, -0.05) is 23.2 Å². The summed E-state index contributed by atoms with van der Waals surface area (Å²) in [5, 5.41) is 9.85. The summed E-state index contributed by atoms with van der Waals surface area (Å²) in [6, 6.07) is 2.27. The van der Waals surface area contributed by atoms with E-state index >= 15 is 0 Å². The van der Waals surface area contributed by atoms with Crippen molar-refractivity contribution < 1.29 is 9.31 Å². The van der Waals surface area contributed by atoms with Gasteiger partial charge in [0.25, 0.3) is 0 Å². The fourth-order valence-electron chi connectivity index (χ4n) is 0.848. The van der Waals surface area contributed by atoms with Crippen molar-refractivity contribution in [1.29, 1.82) is 0 Å². The molecule has 70 valence electrons. The van der Waals surface area contributed by atoms with E-state index in [1.165, 1.54) is 6.07 Å². The molecule has 0 aromatic heterocycles. The van der Waals surface area contributed by atoms with Gasteiger partial charge in [-0.15, -0.1) is 0 Å². The Morgan fingerprint density at radius 2 is 2.08 bits per heavy atom. The quantitative estimate of drug-likeness (QED) is 0.440. The average Bonchev–Trinajstić information content (AvgIpc) is 1.98. The van der Waals surface area contributed by atoms with Crippen LogP contribution in [0.5, 0.6) is 0 Å². The van der Waals surface area contributed by atoms with Gasteiger partial charge in [0.2, 0.25) is 6.54 Å². The van der Waals surface area contributed by atoms with Crippen LogP contribution in [0.4, 0.5) is 4.39 Å². The minimum atomic E-state index is -0.744. The van der Waals surface area contributed by atoms with Gasteiger partial charge in [-0.3, -0.25) is 10.1 Å². The second-order valence-electron chi connectivity index (χ2n) is 2.36. The first-order chi connectivity index (χ1) is 6.00. The molecule has 0 saturated carbocycles. The summed E-state index contributed by atoms with van der Waals surface area (Å²) < 4.78 is 12.9. The van der Waals surface area contributed by atoms with Gasteiger partial charge in [-0.25, -0.2) is 4.39 Å². The van der Waals surface area contributed by atoms with Crippen LogP contribution >= 0.6 is 23.2 Å². The number of rotatable bonds is 2. The maximum Gasteiger partial charge on any atom is 0.229 e. The van der Waals surface area contributed by atoms with Crippen LogP contribution in [0, 0.1) is 15.9 Å². The highest BCUT2D eigenvalue weighted by Crippen LogP contribution is 2.26. The normalized spacial score (nSPS) is 10.1. The smallest absolute Gasteiger partial charge is 0.229 e. The first-order valence-electron chi connectivity index (χ1n) is 3.26. The van der Waals surface area contributed by atoms with Crippen molar-refractivity contribution in [1.82, 2.24) is 0 Å². The van der Waals surface area contributed by atoms with Crippen molar-refractivity contribution in [3.8, 4) is 0 Å². The van der Waals surface area contributed by atoms with Crippen molar-refractivity contribution in [3.63, 3.8) is 0 Å². The van der Waals surface area contributed by atoms with E-state index in [1.54, 1.807) is 0 Å². The molecule has 1 aromatic rings. The molecule has 0 amide bonds. The maximum atomic E-state index is 12.9. The first-order valence-corrected chi connectivity index (χ1v) is 4.01. The highest BCUT2D eigenvalue weighted by molar-refractivity contribution is 6.42. The van der Waals surface area contributed by atoms with E-state index in [1.807, 2.05) is 0 Å². The molecule has 0 fully saturated rings.